The van der Waals surface area contributed by atoms with Crippen LogP contribution >= 0.6 is 0 Å². The Labute approximate surface area is 58.3 Å². The highest BCUT2D eigenvalue weighted by molar-refractivity contribution is 5.04. The first-order valence-electron chi connectivity index (χ1n) is 3.46. The molecule has 0 nitrogen and oxygen atoms in total. The van der Waals surface area contributed by atoms with Crippen molar-refractivity contribution >= 4 is 0 Å². The van der Waals surface area contributed by atoms with Crippen molar-refractivity contribution in [2.24, 2.45) is 0 Å². The third kappa shape index (κ3) is 5.35. The number of rotatable bonds is 3. The van der Waals surface area contributed by atoms with Gasteiger partial charge < -0.3 is 0 Å². The fraction of sp³-hybridized carbons (Fsp3) is 0.556. The molecule has 0 amide bonds. The first kappa shape index (κ1) is 8.48. The molecular formula is C9H16. The molecule has 0 aromatic rings. The Hall–Kier alpha value is -0.520. The molecule has 0 heterocycles. The van der Waals surface area contributed by atoms with Crippen LogP contribution in [0.15, 0.2) is 23.8 Å². The molecule has 0 aromatic heterocycles. The molecule has 0 radical (unpaired) electrons. The summed E-state index contributed by atoms with van der Waals surface area (Å²) in [5.41, 5.74) is 2.70. The van der Waals surface area contributed by atoms with Crippen LogP contribution in [-0.4, -0.2) is 0 Å². The topological polar surface area (TPSA) is 0 Å². The van der Waals surface area contributed by atoms with Gasteiger partial charge in [0.15, 0.2) is 0 Å². The van der Waals surface area contributed by atoms with E-state index >= 15 is 0 Å². The first-order valence-corrected chi connectivity index (χ1v) is 3.46. The molecule has 0 fully saturated rings. The number of allylic oxidation sites excluding steroid dienone is 3. The summed E-state index contributed by atoms with van der Waals surface area (Å²) in [6, 6.07) is 0. The van der Waals surface area contributed by atoms with Crippen LogP contribution in [0.1, 0.15) is 33.6 Å². The van der Waals surface area contributed by atoms with Crippen LogP contribution in [0, 0.1) is 0 Å². The predicted molar refractivity (Wildman–Crippen MR) is 43.5 cm³/mol. The molecule has 0 rings (SSSR count). The maximum atomic E-state index is 3.82. The Balaban J connectivity index is 3.56. The van der Waals surface area contributed by atoms with Gasteiger partial charge in [0.05, 0.1) is 0 Å². The van der Waals surface area contributed by atoms with Gasteiger partial charge in [-0.3, -0.25) is 0 Å². The fourth-order valence-electron chi connectivity index (χ4n) is 0.493. The smallest absolute Gasteiger partial charge is 0.0142 e. The van der Waals surface area contributed by atoms with Gasteiger partial charge in [0, 0.05) is 0 Å². The van der Waals surface area contributed by atoms with Crippen molar-refractivity contribution in [2.45, 2.75) is 33.6 Å². The molecule has 0 atom stereocenters. The lowest BCUT2D eigenvalue weighted by atomic mass is 10.1. The monoisotopic (exact) mass is 124 g/mol. The van der Waals surface area contributed by atoms with E-state index in [0.29, 0.717) is 0 Å². The third-order valence-electron chi connectivity index (χ3n) is 1.36. The van der Waals surface area contributed by atoms with E-state index < -0.39 is 0 Å². The molecule has 0 aromatic carbocycles. The van der Waals surface area contributed by atoms with Crippen LogP contribution in [0.5, 0.6) is 0 Å². The summed E-state index contributed by atoms with van der Waals surface area (Å²) in [7, 11) is 0. The molecule has 9 heavy (non-hydrogen) atoms. The van der Waals surface area contributed by atoms with E-state index in [9.17, 15) is 0 Å². The summed E-state index contributed by atoms with van der Waals surface area (Å²) >= 11 is 0. The summed E-state index contributed by atoms with van der Waals surface area (Å²) in [6.45, 7) is 10.2. The second-order valence-electron chi connectivity index (χ2n) is 2.57. The first-order chi connectivity index (χ1) is 4.16. The SMILES string of the molecule is C=C(C)CC=C(C)CC. The minimum Gasteiger partial charge on any atom is -0.0998 e. The molecule has 0 heteroatoms. The van der Waals surface area contributed by atoms with Gasteiger partial charge in [0.25, 0.3) is 0 Å². The van der Waals surface area contributed by atoms with Crippen LogP contribution in [0.25, 0.3) is 0 Å². The highest BCUT2D eigenvalue weighted by Crippen LogP contribution is 2.03. The van der Waals surface area contributed by atoms with Crippen LogP contribution in [0.4, 0.5) is 0 Å². The lowest BCUT2D eigenvalue weighted by Gasteiger charge is -1.94. The molecule has 0 N–H and O–H groups in total. The summed E-state index contributed by atoms with van der Waals surface area (Å²) in [4.78, 5) is 0. The van der Waals surface area contributed by atoms with Gasteiger partial charge in [-0.15, -0.1) is 0 Å². The minimum absolute atomic E-state index is 1.04. The van der Waals surface area contributed by atoms with Gasteiger partial charge in [-0.25, -0.2) is 0 Å². The van der Waals surface area contributed by atoms with Crippen molar-refractivity contribution in [2.75, 3.05) is 0 Å². The van der Waals surface area contributed by atoms with Crippen molar-refractivity contribution in [3.8, 4) is 0 Å². The van der Waals surface area contributed by atoms with E-state index in [4.69, 9.17) is 0 Å². The van der Waals surface area contributed by atoms with E-state index in [1.807, 2.05) is 0 Å². The van der Waals surface area contributed by atoms with Gasteiger partial charge in [-0.2, -0.15) is 0 Å². The summed E-state index contributed by atoms with van der Waals surface area (Å²) in [5.74, 6) is 0. The Kier molecular flexibility index (Phi) is 4.12. The van der Waals surface area contributed by atoms with Crippen molar-refractivity contribution < 1.29 is 0 Å². The highest BCUT2D eigenvalue weighted by Gasteiger charge is 1.83. The molecule has 0 aliphatic heterocycles. The molecular weight excluding hydrogens is 108 g/mol. The van der Waals surface area contributed by atoms with Crippen molar-refractivity contribution in [3.63, 3.8) is 0 Å². The predicted octanol–water partition coefficient (Wildman–Crippen LogP) is 3.31. The molecule has 52 valence electrons. The summed E-state index contributed by atoms with van der Waals surface area (Å²) in [6.07, 6.45) is 4.44. The second-order valence-corrected chi connectivity index (χ2v) is 2.57. The standard InChI is InChI=1S/C9H16/c1-5-9(4)7-6-8(2)3/h7H,2,5-6H2,1,3-4H3. The maximum Gasteiger partial charge on any atom is -0.0142 e. The second kappa shape index (κ2) is 4.37. The van der Waals surface area contributed by atoms with Gasteiger partial charge in [0.2, 0.25) is 0 Å². The van der Waals surface area contributed by atoms with E-state index in [2.05, 4.69) is 33.4 Å². The molecule has 0 saturated carbocycles. The van der Waals surface area contributed by atoms with Crippen molar-refractivity contribution in [1.82, 2.24) is 0 Å². The normalized spacial score (nSPS) is 11.7. The molecule has 0 aliphatic rings. The molecule has 0 aliphatic carbocycles. The zero-order valence-corrected chi connectivity index (χ0v) is 6.70. The average Bonchev–Trinajstić information content (AvgIpc) is 1.83. The van der Waals surface area contributed by atoms with Gasteiger partial charge in [-0.1, -0.05) is 30.7 Å². The Morgan fingerprint density at radius 2 is 2.00 bits per heavy atom. The zero-order chi connectivity index (χ0) is 7.28. The van der Waals surface area contributed by atoms with E-state index in [1.165, 1.54) is 11.1 Å². The van der Waals surface area contributed by atoms with Crippen molar-refractivity contribution in [3.05, 3.63) is 23.8 Å². The van der Waals surface area contributed by atoms with E-state index in [1.54, 1.807) is 0 Å². The van der Waals surface area contributed by atoms with Crippen molar-refractivity contribution in [1.29, 1.82) is 0 Å². The Morgan fingerprint density at radius 1 is 1.44 bits per heavy atom. The Bertz CT molecular complexity index is 118. The van der Waals surface area contributed by atoms with Gasteiger partial charge in [-0.05, 0) is 26.7 Å². The minimum atomic E-state index is 1.04. The third-order valence-corrected chi connectivity index (χ3v) is 1.36. The van der Waals surface area contributed by atoms with Crippen LogP contribution in [-0.2, 0) is 0 Å². The largest absolute Gasteiger partial charge is 0.0998 e. The quantitative estimate of drug-likeness (QED) is 0.506. The number of hydrogen-bond donors (Lipinski definition) is 0. The maximum absolute atomic E-state index is 3.82. The zero-order valence-electron chi connectivity index (χ0n) is 6.70. The number of hydrogen-bond acceptors (Lipinski definition) is 0. The molecule has 0 unspecified atom stereocenters. The summed E-state index contributed by atoms with van der Waals surface area (Å²) < 4.78 is 0. The summed E-state index contributed by atoms with van der Waals surface area (Å²) in [5, 5.41) is 0. The average molecular weight is 124 g/mol. The molecule has 0 spiro atoms. The van der Waals surface area contributed by atoms with Crippen LogP contribution < -0.4 is 0 Å². The lowest BCUT2D eigenvalue weighted by molar-refractivity contribution is 1.06. The Morgan fingerprint density at radius 3 is 2.33 bits per heavy atom. The van der Waals surface area contributed by atoms with E-state index in [-0.39, 0.29) is 0 Å². The fourth-order valence-corrected chi connectivity index (χ4v) is 0.493. The van der Waals surface area contributed by atoms with Crippen LogP contribution in [0.3, 0.4) is 0 Å². The van der Waals surface area contributed by atoms with Gasteiger partial charge >= 0.3 is 0 Å². The van der Waals surface area contributed by atoms with E-state index in [0.717, 1.165) is 12.8 Å². The highest BCUT2D eigenvalue weighted by atomic mass is 13.9. The van der Waals surface area contributed by atoms with Gasteiger partial charge in [0.1, 0.15) is 0 Å². The molecule has 0 saturated heterocycles. The molecule has 0 bridgehead atoms. The van der Waals surface area contributed by atoms with Crippen LogP contribution in [0.2, 0.25) is 0 Å². The lowest BCUT2D eigenvalue weighted by Crippen LogP contribution is -1.73.